The van der Waals surface area contributed by atoms with Crippen LogP contribution < -0.4 is 5.32 Å². The van der Waals surface area contributed by atoms with Gasteiger partial charge < -0.3 is 15.5 Å². The molecule has 1 aliphatic carbocycles. The second kappa shape index (κ2) is 7.52. The van der Waals surface area contributed by atoms with Crippen LogP contribution in [0.1, 0.15) is 31.8 Å². The molecule has 0 saturated carbocycles. The van der Waals surface area contributed by atoms with E-state index in [0.717, 1.165) is 12.1 Å². The van der Waals surface area contributed by atoms with Crippen LogP contribution in [-0.4, -0.2) is 21.8 Å². The Kier molecular flexibility index (Phi) is 5.29. The molecule has 152 valence electrons. The van der Waals surface area contributed by atoms with Gasteiger partial charge in [-0.25, -0.2) is 0 Å². The molecular formula is C20H8Cl5NO4. The third kappa shape index (κ3) is 3.01. The van der Waals surface area contributed by atoms with Crippen molar-refractivity contribution in [1.82, 2.24) is 0 Å². The second-order valence-corrected chi connectivity index (χ2v) is 8.25. The second-order valence-electron chi connectivity index (χ2n) is 6.30. The van der Waals surface area contributed by atoms with E-state index in [1.54, 1.807) is 18.2 Å². The molecule has 3 N–H and O–H groups in total. The Balaban J connectivity index is 2.00. The number of aromatic hydroxyl groups is 2. The predicted molar refractivity (Wildman–Crippen MR) is 118 cm³/mol. The molecule has 0 amide bonds. The van der Waals surface area contributed by atoms with Gasteiger partial charge in [0, 0.05) is 0 Å². The molecule has 30 heavy (non-hydrogen) atoms. The number of para-hydroxylation sites is 1. The lowest BCUT2D eigenvalue weighted by Crippen LogP contribution is -2.23. The number of rotatable bonds is 2. The number of halogens is 5. The molecule has 0 atom stereocenters. The van der Waals surface area contributed by atoms with E-state index in [4.69, 9.17) is 58.0 Å². The molecule has 0 aliphatic heterocycles. The zero-order valence-electron chi connectivity index (χ0n) is 14.5. The lowest BCUT2D eigenvalue weighted by Gasteiger charge is -2.24. The monoisotopic (exact) mass is 501 g/mol. The van der Waals surface area contributed by atoms with Crippen LogP contribution in [0.2, 0.25) is 25.1 Å². The van der Waals surface area contributed by atoms with Gasteiger partial charge >= 0.3 is 0 Å². The molecular weight excluding hydrogens is 495 g/mol. The smallest absolute Gasteiger partial charge is 0.200 e. The van der Waals surface area contributed by atoms with Crippen molar-refractivity contribution >= 4 is 80.9 Å². The summed E-state index contributed by atoms with van der Waals surface area (Å²) in [4.78, 5) is 26.2. The van der Waals surface area contributed by atoms with Crippen LogP contribution >= 0.6 is 58.0 Å². The Morgan fingerprint density at radius 3 is 1.57 bits per heavy atom. The fourth-order valence-corrected chi connectivity index (χ4v) is 4.60. The maximum atomic E-state index is 13.2. The van der Waals surface area contributed by atoms with E-state index in [-0.39, 0.29) is 58.7 Å². The third-order valence-electron chi connectivity index (χ3n) is 4.60. The van der Waals surface area contributed by atoms with Gasteiger partial charge in [-0.2, -0.15) is 0 Å². The van der Waals surface area contributed by atoms with Crippen molar-refractivity contribution < 1.29 is 19.8 Å². The highest BCUT2D eigenvalue weighted by atomic mass is 35.5. The topological polar surface area (TPSA) is 86.6 Å². The molecule has 0 unspecified atom stereocenters. The Morgan fingerprint density at radius 2 is 1.07 bits per heavy atom. The summed E-state index contributed by atoms with van der Waals surface area (Å²) >= 11 is 31.5. The number of carbonyl (C=O) groups excluding carboxylic acids is 2. The van der Waals surface area contributed by atoms with E-state index in [9.17, 15) is 19.8 Å². The van der Waals surface area contributed by atoms with Crippen molar-refractivity contribution in [1.29, 1.82) is 0 Å². The first-order chi connectivity index (χ1) is 14.1. The van der Waals surface area contributed by atoms with E-state index in [0.29, 0.717) is 0 Å². The largest absolute Gasteiger partial charge is 0.507 e. The predicted octanol–water partition coefficient (Wildman–Crippen LogP) is 6.88. The van der Waals surface area contributed by atoms with E-state index >= 15 is 0 Å². The standard InChI is InChI=1S/C20H8Cl5NO4/c21-6-2-1-3-7(22)17(6)26-18-15(24)13-12(14(23)16(18)25)19(29)10-8(27)4-5-9(28)11(10)20(13)30/h1-5,26-28H. The van der Waals surface area contributed by atoms with Gasteiger partial charge in [-0.15, -0.1) is 0 Å². The van der Waals surface area contributed by atoms with Gasteiger partial charge in [-0.3, -0.25) is 9.59 Å². The number of anilines is 2. The Labute approximate surface area is 194 Å². The first-order valence-corrected chi connectivity index (χ1v) is 10.1. The SMILES string of the molecule is O=C1c2c(O)ccc(O)c2C(=O)c2c(Cl)c(Nc3c(Cl)cccc3Cl)c(Cl)c(Cl)c21. The lowest BCUT2D eigenvalue weighted by molar-refractivity contribution is 0.0974. The van der Waals surface area contributed by atoms with Crippen molar-refractivity contribution in [3.63, 3.8) is 0 Å². The molecule has 1 aliphatic rings. The summed E-state index contributed by atoms with van der Waals surface area (Å²) in [5.74, 6) is -2.58. The summed E-state index contributed by atoms with van der Waals surface area (Å²) in [5, 5.41) is 23.0. The molecule has 10 heteroatoms. The van der Waals surface area contributed by atoms with E-state index in [2.05, 4.69) is 5.32 Å². The lowest BCUT2D eigenvalue weighted by atomic mass is 9.82. The number of benzene rings is 3. The molecule has 0 fully saturated rings. The van der Waals surface area contributed by atoms with Gasteiger partial charge in [-0.1, -0.05) is 64.1 Å². The number of carbonyl (C=O) groups is 2. The van der Waals surface area contributed by atoms with Crippen LogP contribution in [0.15, 0.2) is 30.3 Å². The highest BCUT2D eigenvalue weighted by Gasteiger charge is 2.39. The molecule has 0 radical (unpaired) electrons. The maximum Gasteiger partial charge on any atom is 0.200 e. The number of ketones is 2. The van der Waals surface area contributed by atoms with Crippen molar-refractivity contribution in [2.45, 2.75) is 0 Å². The molecule has 0 aromatic heterocycles. The van der Waals surface area contributed by atoms with Gasteiger partial charge in [0.05, 0.1) is 58.7 Å². The van der Waals surface area contributed by atoms with E-state index in [1.165, 1.54) is 0 Å². The first kappa shape index (κ1) is 21.1. The summed E-state index contributed by atoms with van der Waals surface area (Å²) in [5.41, 5.74) is -1.04. The van der Waals surface area contributed by atoms with Crippen LogP contribution in [0, 0.1) is 0 Å². The average molecular weight is 504 g/mol. The van der Waals surface area contributed by atoms with Crippen LogP contribution in [0.25, 0.3) is 0 Å². The normalized spacial score (nSPS) is 12.6. The minimum atomic E-state index is -0.802. The van der Waals surface area contributed by atoms with Gasteiger partial charge in [0.1, 0.15) is 11.5 Å². The number of hydrogen-bond donors (Lipinski definition) is 3. The first-order valence-electron chi connectivity index (χ1n) is 8.21. The quantitative estimate of drug-likeness (QED) is 0.205. The average Bonchev–Trinajstić information content (AvgIpc) is 2.69. The summed E-state index contributed by atoms with van der Waals surface area (Å²) in [6, 6.07) is 6.97. The Morgan fingerprint density at radius 1 is 0.600 bits per heavy atom. The van der Waals surface area contributed by atoms with Crippen molar-refractivity contribution in [2.24, 2.45) is 0 Å². The minimum absolute atomic E-state index is 0.00123. The van der Waals surface area contributed by atoms with Gasteiger partial charge in [-0.05, 0) is 24.3 Å². The maximum absolute atomic E-state index is 13.2. The zero-order valence-corrected chi connectivity index (χ0v) is 18.3. The molecule has 0 bridgehead atoms. The Bertz CT molecular complexity index is 1270. The number of fused-ring (bicyclic) bond motifs is 2. The minimum Gasteiger partial charge on any atom is -0.507 e. The fraction of sp³-hybridized carbons (Fsp3) is 0. The van der Waals surface area contributed by atoms with Crippen LogP contribution in [-0.2, 0) is 0 Å². The van der Waals surface area contributed by atoms with Gasteiger partial charge in [0.25, 0.3) is 0 Å². The van der Waals surface area contributed by atoms with E-state index in [1.807, 2.05) is 0 Å². The Hall–Kier alpha value is -2.15. The van der Waals surface area contributed by atoms with Crippen molar-refractivity contribution in [3.05, 3.63) is 77.7 Å². The molecule has 4 rings (SSSR count). The molecule has 0 saturated heterocycles. The van der Waals surface area contributed by atoms with E-state index < -0.39 is 23.1 Å². The van der Waals surface area contributed by atoms with Crippen molar-refractivity contribution in [2.75, 3.05) is 5.32 Å². The molecule has 3 aromatic carbocycles. The third-order valence-corrected chi connectivity index (χ3v) is 6.46. The van der Waals surface area contributed by atoms with Gasteiger partial charge in [0.2, 0.25) is 0 Å². The summed E-state index contributed by atoms with van der Waals surface area (Å²) < 4.78 is 0. The molecule has 0 heterocycles. The molecule has 0 spiro atoms. The number of phenols is 2. The highest BCUT2D eigenvalue weighted by Crippen LogP contribution is 2.49. The van der Waals surface area contributed by atoms with Crippen LogP contribution in [0.5, 0.6) is 11.5 Å². The number of nitrogens with one attached hydrogen (secondary N) is 1. The zero-order chi connectivity index (χ0) is 21.9. The van der Waals surface area contributed by atoms with Crippen LogP contribution in [0.3, 0.4) is 0 Å². The summed E-state index contributed by atoms with van der Waals surface area (Å²) in [7, 11) is 0. The number of hydrogen-bond acceptors (Lipinski definition) is 5. The summed E-state index contributed by atoms with van der Waals surface area (Å²) in [6.07, 6.45) is 0. The molecule has 3 aromatic rings. The summed E-state index contributed by atoms with van der Waals surface area (Å²) in [6.45, 7) is 0. The highest BCUT2D eigenvalue weighted by molar-refractivity contribution is 6.52. The van der Waals surface area contributed by atoms with Crippen molar-refractivity contribution in [3.8, 4) is 11.5 Å². The van der Waals surface area contributed by atoms with Gasteiger partial charge in [0.15, 0.2) is 11.6 Å². The fourth-order valence-electron chi connectivity index (χ4n) is 3.23. The number of phenolic OH excluding ortho intramolecular Hbond substituents is 2. The molecule has 5 nitrogen and oxygen atoms in total. The van der Waals surface area contributed by atoms with Crippen LogP contribution in [0.4, 0.5) is 11.4 Å².